The van der Waals surface area contributed by atoms with Crippen molar-refractivity contribution in [1.29, 1.82) is 0 Å². The summed E-state index contributed by atoms with van der Waals surface area (Å²) >= 11 is 0. The fraction of sp³-hybridized carbons (Fsp3) is 0.786. The third-order valence-electron chi connectivity index (χ3n) is 4.29. The molecule has 1 rings (SSSR count). The molecule has 0 aromatic carbocycles. The Labute approximate surface area is 124 Å². The van der Waals surface area contributed by atoms with Crippen LogP contribution >= 0.6 is 0 Å². The predicted molar refractivity (Wildman–Crippen MR) is 75.7 cm³/mol. The van der Waals surface area contributed by atoms with E-state index in [1.165, 1.54) is 11.9 Å². The van der Waals surface area contributed by atoms with E-state index in [0.717, 1.165) is 0 Å². The Bertz CT molecular complexity index is 406. The molecule has 1 atom stereocenters. The maximum atomic E-state index is 12.5. The third kappa shape index (κ3) is 3.72. The summed E-state index contributed by atoms with van der Waals surface area (Å²) in [6, 6.07) is -0.684. The number of amides is 2. The van der Waals surface area contributed by atoms with Crippen LogP contribution in [0.25, 0.3) is 0 Å². The van der Waals surface area contributed by atoms with Crippen LogP contribution in [0.2, 0.25) is 0 Å². The smallest absolute Gasteiger partial charge is 0.310 e. The van der Waals surface area contributed by atoms with E-state index in [0.29, 0.717) is 26.0 Å². The van der Waals surface area contributed by atoms with E-state index in [2.05, 4.69) is 5.32 Å². The number of likely N-dealkylation sites (N-methyl/N-ethyl adjacent to an activating group) is 1. The standard InChI is InChI=1S/C14H24N2O5/c1-4-14(5-2,13(19)20)8-11(17)16-6-7-21-9-10(16)12(18)15-3/h10H,4-9H2,1-3H3,(H,15,18)(H,19,20). The molecule has 7 heteroatoms. The van der Waals surface area contributed by atoms with Crippen molar-refractivity contribution in [2.24, 2.45) is 5.41 Å². The highest BCUT2D eigenvalue weighted by molar-refractivity contribution is 5.90. The van der Waals surface area contributed by atoms with Gasteiger partial charge < -0.3 is 20.1 Å². The predicted octanol–water partition coefficient (Wildman–Crippen LogP) is 0.241. The minimum absolute atomic E-state index is 0.0944. The van der Waals surface area contributed by atoms with Crippen molar-refractivity contribution in [3.8, 4) is 0 Å². The Balaban J connectivity index is 2.89. The van der Waals surface area contributed by atoms with Gasteiger partial charge in [0.1, 0.15) is 6.04 Å². The molecule has 0 spiro atoms. The van der Waals surface area contributed by atoms with Crippen molar-refractivity contribution >= 4 is 17.8 Å². The number of ether oxygens (including phenoxy) is 1. The van der Waals surface area contributed by atoms with E-state index in [1.807, 2.05) is 0 Å². The summed E-state index contributed by atoms with van der Waals surface area (Å²) in [5, 5.41) is 11.9. The highest BCUT2D eigenvalue weighted by Gasteiger charge is 2.41. The summed E-state index contributed by atoms with van der Waals surface area (Å²) in [5.41, 5.74) is -1.07. The van der Waals surface area contributed by atoms with Gasteiger partial charge in [0.25, 0.3) is 0 Å². The first-order chi connectivity index (χ1) is 9.91. The zero-order chi connectivity index (χ0) is 16.0. The normalized spacial score (nSPS) is 19.2. The Kier molecular flexibility index (Phi) is 6.14. The van der Waals surface area contributed by atoms with E-state index in [1.54, 1.807) is 13.8 Å². The van der Waals surface area contributed by atoms with Crippen LogP contribution < -0.4 is 5.32 Å². The number of hydrogen-bond donors (Lipinski definition) is 2. The van der Waals surface area contributed by atoms with Crippen molar-refractivity contribution in [3.05, 3.63) is 0 Å². The van der Waals surface area contributed by atoms with E-state index in [4.69, 9.17) is 4.74 Å². The van der Waals surface area contributed by atoms with Crippen molar-refractivity contribution in [2.45, 2.75) is 39.2 Å². The van der Waals surface area contributed by atoms with Crippen LogP contribution in [0.4, 0.5) is 0 Å². The number of carboxylic acid groups (broad SMARTS) is 1. The van der Waals surface area contributed by atoms with E-state index in [9.17, 15) is 19.5 Å². The number of carbonyl (C=O) groups excluding carboxylic acids is 2. The van der Waals surface area contributed by atoms with Gasteiger partial charge in [-0.3, -0.25) is 14.4 Å². The van der Waals surface area contributed by atoms with Gasteiger partial charge in [-0.1, -0.05) is 13.8 Å². The Morgan fingerprint density at radius 1 is 1.33 bits per heavy atom. The number of rotatable bonds is 6. The molecular weight excluding hydrogens is 276 g/mol. The first kappa shape index (κ1) is 17.4. The second-order valence-corrected chi connectivity index (χ2v) is 5.26. The minimum Gasteiger partial charge on any atom is -0.481 e. The first-order valence-electron chi connectivity index (χ1n) is 7.24. The van der Waals surface area contributed by atoms with Gasteiger partial charge in [-0.25, -0.2) is 0 Å². The average molecular weight is 300 g/mol. The van der Waals surface area contributed by atoms with Crippen molar-refractivity contribution in [3.63, 3.8) is 0 Å². The molecule has 2 amide bonds. The number of morpholine rings is 1. The largest absolute Gasteiger partial charge is 0.481 e. The van der Waals surface area contributed by atoms with Crippen LogP contribution in [0.1, 0.15) is 33.1 Å². The van der Waals surface area contributed by atoms with Gasteiger partial charge in [-0.15, -0.1) is 0 Å². The molecule has 0 aromatic rings. The Hall–Kier alpha value is -1.63. The number of nitrogens with one attached hydrogen (secondary N) is 1. The quantitative estimate of drug-likeness (QED) is 0.732. The Morgan fingerprint density at radius 2 is 1.95 bits per heavy atom. The fourth-order valence-corrected chi connectivity index (χ4v) is 2.56. The van der Waals surface area contributed by atoms with Crippen molar-refractivity contribution in [1.82, 2.24) is 10.2 Å². The molecule has 120 valence electrons. The molecule has 0 radical (unpaired) electrons. The average Bonchev–Trinajstić information content (AvgIpc) is 2.51. The van der Waals surface area contributed by atoms with Gasteiger partial charge in [-0.05, 0) is 12.8 Å². The zero-order valence-electron chi connectivity index (χ0n) is 12.8. The molecule has 1 aliphatic rings. The molecule has 7 nitrogen and oxygen atoms in total. The maximum Gasteiger partial charge on any atom is 0.310 e. The van der Waals surface area contributed by atoms with E-state index < -0.39 is 17.4 Å². The number of carbonyl (C=O) groups is 3. The molecule has 1 unspecified atom stereocenters. The highest BCUT2D eigenvalue weighted by Crippen LogP contribution is 2.32. The molecule has 0 bridgehead atoms. The number of carboxylic acids is 1. The van der Waals surface area contributed by atoms with Crippen LogP contribution in [0.5, 0.6) is 0 Å². The zero-order valence-corrected chi connectivity index (χ0v) is 12.8. The van der Waals surface area contributed by atoms with Gasteiger partial charge in [0.05, 0.1) is 18.6 Å². The molecule has 1 aliphatic heterocycles. The topological polar surface area (TPSA) is 95.9 Å². The Morgan fingerprint density at radius 3 is 2.43 bits per heavy atom. The fourth-order valence-electron chi connectivity index (χ4n) is 2.56. The lowest BCUT2D eigenvalue weighted by atomic mass is 9.78. The molecule has 1 fully saturated rings. The minimum atomic E-state index is -1.07. The summed E-state index contributed by atoms with van der Waals surface area (Å²) in [6.45, 7) is 4.34. The lowest BCUT2D eigenvalue weighted by molar-refractivity contribution is -0.158. The van der Waals surface area contributed by atoms with Crippen molar-refractivity contribution < 1.29 is 24.2 Å². The van der Waals surface area contributed by atoms with Gasteiger partial charge >= 0.3 is 5.97 Å². The van der Waals surface area contributed by atoms with Crippen LogP contribution in [0.15, 0.2) is 0 Å². The summed E-state index contributed by atoms with van der Waals surface area (Å²) < 4.78 is 5.24. The number of nitrogens with zero attached hydrogens (tertiary/aromatic N) is 1. The highest BCUT2D eigenvalue weighted by atomic mass is 16.5. The van der Waals surface area contributed by atoms with E-state index in [-0.39, 0.29) is 24.8 Å². The summed E-state index contributed by atoms with van der Waals surface area (Å²) in [4.78, 5) is 37.2. The molecule has 0 aromatic heterocycles. The summed E-state index contributed by atoms with van der Waals surface area (Å²) in [5.74, 6) is -1.57. The second-order valence-electron chi connectivity index (χ2n) is 5.26. The summed E-state index contributed by atoms with van der Waals surface area (Å²) in [7, 11) is 1.50. The lowest BCUT2D eigenvalue weighted by Gasteiger charge is -2.36. The van der Waals surface area contributed by atoms with Gasteiger partial charge in [-0.2, -0.15) is 0 Å². The van der Waals surface area contributed by atoms with Gasteiger partial charge in [0.15, 0.2) is 0 Å². The number of aliphatic carboxylic acids is 1. The molecule has 1 saturated heterocycles. The lowest BCUT2D eigenvalue weighted by Crippen LogP contribution is -2.56. The van der Waals surface area contributed by atoms with E-state index >= 15 is 0 Å². The van der Waals surface area contributed by atoms with Gasteiger partial charge in [0, 0.05) is 20.0 Å². The monoisotopic (exact) mass is 300 g/mol. The van der Waals surface area contributed by atoms with Crippen LogP contribution in [-0.4, -0.2) is 60.6 Å². The molecule has 0 saturated carbocycles. The van der Waals surface area contributed by atoms with Crippen molar-refractivity contribution in [2.75, 3.05) is 26.8 Å². The summed E-state index contributed by atoms with van der Waals surface area (Å²) in [6.07, 6.45) is 0.655. The second kappa shape index (κ2) is 7.40. The van der Waals surface area contributed by atoms with Crippen LogP contribution in [-0.2, 0) is 19.1 Å². The van der Waals surface area contributed by atoms with Gasteiger partial charge in [0.2, 0.25) is 11.8 Å². The molecule has 1 heterocycles. The van der Waals surface area contributed by atoms with Crippen LogP contribution in [0.3, 0.4) is 0 Å². The third-order valence-corrected chi connectivity index (χ3v) is 4.29. The molecular formula is C14H24N2O5. The maximum absolute atomic E-state index is 12.5. The molecule has 0 aliphatic carbocycles. The van der Waals surface area contributed by atoms with Crippen LogP contribution in [0, 0.1) is 5.41 Å². The number of hydrogen-bond acceptors (Lipinski definition) is 4. The molecule has 2 N–H and O–H groups in total. The SMILES string of the molecule is CCC(CC)(CC(=O)N1CCOCC1C(=O)NC)C(=O)O. The molecule has 21 heavy (non-hydrogen) atoms. The first-order valence-corrected chi connectivity index (χ1v) is 7.24.